The summed E-state index contributed by atoms with van der Waals surface area (Å²) >= 11 is 0. The molecule has 0 aliphatic carbocycles. The number of carbonyl (C=O) groups excluding carboxylic acids is 1. The monoisotopic (exact) mass is 353 g/mol. The molecule has 2 fully saturated rings. The Labute approximate surface area is 152 Å². The van der Waals surface area contributed by atoms with Gasteiger partial charge in [0, 0.05) is 31.9 Å². The summed E-state index contributed by atoms with van der Waals surface area (Å²) in [5.41, 5.74) is 1.34. The molecule has 3 aliphatic heterocycles. The molecule has 0 spiro atoms. The van der Waals surface area contributed by atoms with E-state index in [2.05, 4.69) is 27.4 Å². The van der Waals surface area contributed by atoms with Crippen LogP contribution in [0.25, 0.3) is 10.8 Å². The minimum Gasteiger partial charge on any atom is -0.472 e. The Hall–Kier alpha value is -2.41. The van der Waals surface area contributed by atoms with Crippen molar-refractivity contribution in [3.8, 4) is 5.88 Å². The van der Waals surface area contributed by atoms with Crippen molar-refractivity contribution < 1.29 is 9.53 Å². The van der Waals surface area contributed by atoms with Crippen LogP contribution in [0.2, 0.25) is 0 Å². The van der Waals surface area contributed by atoms with Crippen molar-refractivity contribution in [2.24, 2.45) is 0 Å². The van der Waals surface area contributed by atoms with E-state index in [-0.39, 0.29) is 18.1 Å². The van der Waals surface area contributed by atoms with Gasteiger partial charge >= 0.3 is 0 Å². The van der Waals surface area contributed by atoms with Crippen LogP contribution in [0.5, 0.6) is 5.88 Å². The number of aromatic nitrogens is 2. The Balaban J connectivity index is 1.80. The number of anilines is 1. The van der Waals surface area contributed by atoms with Gasteiger partial charge in [0.2, 0.25) is 5.88 Å². The predicted octanol–water partition coefficient (Wildman–Crippen LogP) is 1.39. The molecule has 3 aliphatic rings. The van der Waals surface area contributed by atoms with Crippen LogP contribution >= 0.6 is 0 Å². The zero-order valence-corrected chi connectivity index (χ0v) is 15.2. The molecule has 1 amide bonds. The summed E-state index contributed by atoms with van der Waals surface area (Å²) in [4.78, 5) is 24.1. The van der Waals surface area contributed by atoms with Gasteiger partial charge in [-0.05, 0) is 43.7 Å². The van der Waals surface area contributed by atoms with E-state index in [0.29, 0.717) is 23.7 Å². The summed E-state index contributed by atoms with van der Waals surface area (Å²) in [5, 5.41) is 8.34. The second-order valence-corrected chi connectivity index (χ2v) is 7.54. The number of ether oxygens (including phenoxy) is 1. The lowest BCUT2D eigenvalue weighted by molar-refractivity contribution is 0.0957. The van der Waals surface area contributed by atoms with E-state index >= 15 is 0 Å². The van der Waals surface area contributed by atoms with Crippen molar-refractivity contribution in [2.75, 3.05) is 18.5 Å². The topological polar surface area (TPSA) is 79.4 Å². The summed E-state index contributed by atoms with van der Waals surface area (Å²) in [5.74, 6) is 1.29. The fraction of sp³-hybridized carbons (Fsp3) is 0.526. The van der Waals surface area contributed by atoms with E-state index in [4.69, 9.17) is 9.72 Å². The number of aryl methyl sites for hydroxylation is 1. The Bertz CT molecular complexity index is 914. The quantitative estimate of drug-likeness (QED) is 0.807. The highest BCUT2D eigenvalue weighted by Gasteiger charge is 2.46. The molecule has 0 saturated carbocycles. The maximum Gasteiger partial charge on any atom is 0.270 e. The number of rotatable bonds is 1. The van der Waals surface area contributed by atoms with Crippen LogP contribution in [0, 0.1) is 6.92 Å². The summed E-state index contributed by atoms with van der Waals surface area (Å²) in [7, 11) is 1.64. The van der Waals surface area contributed by atoms with E-state index in [1.807, 2.05) is 13.0 Å². The number of piperazine rings is 1. The highest BCUT2D eigenvalue weighted by molar-refractivity contribution is 6.05. The third-order valence-electron chi connectivity index (χ3n) is 6.07. The fourth-order valence-corrected chi connectivity index (χ4v) is 4.87. The number of hydrogen-bond donors (Lipinski definition) is 2. The average molecular weight is 353 g/mol. The number of hydrogen-bond acceptors (Lipinski definition) is 6. The van der Waals surface area contributed by atoms with Gasteiger partial charge in [0.1, 0.15) is 17.6 Å². The molecule has 7 nitrogen and oxygen atoms in total. The first-order valence-electron chi connectivity index (χ1n) is 9.29. The van der Waals surface area contributed by atoms with E-state index in [9.17, 15) is 4.79 Å². The molecule has 0 radical (unpaired) electrons. The Kier molecular flexibility index (Phi) is 3.37. The fourth-order valence-electron chi connectivity index (χ4n) is 4.87. The number of fused-ring (bicyclic) bond motifs is 5. The SMILES string of the molecule is CNC(=O)c1nc2c3c(nccc3c1C)OC(C)C1C3CCC(CN21)N3. The smallest absolute Gasteiger partial charge is 0.270 e. The van der Waals surface area contributed by atoms with Crippen molar-refractivity contribution in [3.63, 3.8) is 0 Å². The van der Waals surface area contributed by atoms with Gasteiger partial charge in [-0.3, -0.25) is 4.79 Å². The van der Waals surface area contributed by atoms with Crippen LogP contribution in [0.15, 0.2) is 12.3 Å². The molecule has 4 unspecified atom stereocenters. The van der Waals surface area contributed by atoms with Crippen LogP contribution < -0.4 is 20.3 Å². The van der Waals surface area contributed by atoms with Gasteiger partial charge in [-0.2, -0.15) is 0 Å². The Morgan fingerprint density at radius 2 is 2.27 bits per heavy atom. The van der Waals surface area contributed by atoms with Crippen molar-refractivity contribution in [3.05, 3.63) is 23.5 Å². The first-order valence-corrected chi connectivity index (χ1v) is 9.29. The molecule has 2 N–H and O–H groups in total. The van der Waals surface area contributed by atoms with Crippen molar-refractivity contribution in [2.45, 2.75) is 50.9 Å². The van der Waals surface area contributed by atoms with E-state index in [1.165, 1.54) is 6.42 Å². The lowest BCUT2D eigenvalue weighted by atomic mass is 9.99. The van der Waals surface area contributed by atoms with Crippen molar-refractivity contribution >= 4 is 22.5 Å². The van der Waals surface area contributed by atoms with Crippen LogP contribution in [0.1, 0.15) is 35.8 Å². The third-order valence-corrected chi connectivity index (χ3v) is 6.07. The molecule has 7 heteroatoms. The van der Waals surface area contributed by atoms with Crippen molar-refractivity contribution in [1.82, 2.24) is 20.6 Å². The molecule has 4 atom stereocenters. The van der Waals surface area contributed by atoms with E-state index in [0.717, 1.165) is 35.1 Å². The van der Waals surface area contributed by atoms with Crippen molar-refractivity contribution in [1.29, 1.82) is 0 Å². The molecule has 5 heterocycles. The average Bonchev–Trinajstić information content (AvgIpc) is 2.96. The number of pyridine rings is 2. The van der Waals surface area contributed by atoms with Crippen LogP contribution in [-0.2, 0) is 0 Å². The lowest BCUT2D eigenvalue weighted by Crippen LogP contribution is -2.62. The number of carbonyl (C=O) groups is 1. The van der Waals surface area contributed by atoms with E-state index in [1.54, 1.807) is 13.2 Å². The highest BCUT2D eigenvalue weighted by atomic mass is 16.5. The zero-order valence-electron chi connectivity index (χ0n) is 15.2. The Morgan fingerprint density at radius 1 is 1.42 bits per heavy atom. The van der Waals surface area contributed by atoms with Gasteiger partial charge in [-0.25, -0.2) is 9.97 Å². The number of amides is 1. The maximum atomic E-state index is 12.4. The van der Waals surface area contributed by atoms with Crippen LogP contribution in [0.4, 0.5) is 5.82 Å². The van der Waals surface area contributed by atoms with Gasteiger partial charge in [-0.15, -0.1) is 0 Å². The first-order chi connectivity index (χ1) is 12.6. The van der Waals surface area contributed by atoms with Gasteiger partial charge in [-0.1, -0.05) is 0 Å². The molecule has 26 heavy (non-hydrogen) atoms. The molecular weight excluding hydrogens is 330 g/mol. The highest BCUT2D eigenvalue weighted by Crippen LogP contribution is 2.42. The summed E-state index contributed by atoms with van der Waals surface area (Å²) in [6.45, 7) is 4.92. The van der Waals surface area contributed by atoms with Gasteiger partial charge in [0.15, 0.2) is 0 Å². The number of nitrogens with one attached hydrogen (secondary N) is 2. The third kappa shape index (κ3) is 2.06. The molecule has 0 aromatic carbocycles. The normalized spacial score (nSPS) is 29.1. The van der Waals surface area contributed by atoms with Gasteiger partial charge < -0.3 is 20.3 Å². The molecule has 2 aromatic rings. The minimum atomic E-state index is -0.160. The Morgan fingerprint density at radius 3 is 3.08 bits per heavy atom. The number of nitrogens with zero attached hydrogens (tertiary/aromatic N) is 3. The summed E-state index contributed by atoms with van der Waals surface area (Å²) < 4.78 is 6.30. The predicted molar refractivity (Wildman–Crippen MR) is 98.8 cm³/mol. The molecule has 2 saturated heterocycles. The first kappa shape index (κ1) is 15.8. The zero-order chi connectivity index (χ0) is 18.0. The summed E-state index contributed by atoms with van der Waals surface area (Å²) in [6, 6.07) is 2.97. The van der Waals surface area contributed by atoms with E-state index < -0.39 is 0 Å². The molecule has 2 bridgehead atoms. The largest absolute Gasteiger partial charge is 0.472 e. The van der Waals surface area contributed by atoms with Crippen LogP contribution in [-0.4, -0.2) is 53.7 Å². The van der Waals surface area contributed by atoms with Gasteiger partial charge in [0.25, 0.3) is 5.91 Å². The maximum absolute atomic E-state index is 12.4. The molecule has 136 valence electrons. The lowest BCUT2D eigenvalue weighted by Gasteiger charge is -2.43. The van der Waals surface area contributed by atoms with Gasteiger partial charge in [0.05, 0.1) is 11.4 Å². The molecule has 2 aromatic heterocycles. The molecular formula is C19H23N5O2. The second-order valence-electron chi connectivity index (χ2n) is 7.54. The van der Waals surface area contributed by atoms with Crippen LogP contribution in [0.3, 0.4) is 0 Å². The minimum absolute atomic E-state index is 0.0115. The molecule has 5 rings (SSSR count). The summed E-state index contributed by atoms with van der Waals surface area (Å²) in [6.07, 6.45) is 4.05. The standard InChI is InChI=1S/C19H23N5O2/c1-9-12-6-7-21-19-14(12)17(23-15(9)18(25)20-3)24-8-11-4-5-13(22-11)16(24)10(2)26-19/h6-7,10-11,13,16,22H,4-5,8H2,1-3H3,(H,20,25). The second kappa shape index (κ2) is 5.54.